The highest BCUT2D eigenvalue weighted by Crippen LogP contribution is 2.26. The molecular formula is C13H17Cl2N3O. The number of benzene rings is 1. The van der Waals surface area contributed by atoms with Crippen LogP contribution < -0.4 is 4.90 Å². The number of aliphatic hydroxyl groups is 1. The van der Waals surface area contributed by atoms with Gasteiger partial charge in [-0.2, -0.15) is 5.01 Å². The van der Waals surface area contributed by atoms with E-state index in [1.165, 1.54) is 0 Å². The molecule has 0 saturated carbocycles. The third kappa shape index (κ3) is 3.15. The van der Waals surface area contributed by atoms with Crippen LogP contribution in [0.1, 0.15) is 0 Å². The van der Waals surface area contributed by atoms with Crippen molar-refractivity contribution in [1.82, 2.24) is 10.0 Å². The molecule has 0 spiro atoms. The summed E-state index contributed by atoms with van der Waals surface area (Å²) in [5, 5.41) is 14.7. The first-order chi connectivity index (χ1) is 8.88. The molecule has 19 heavy (non-hydrogen) atoms. The molecular weight excluding hydrogens is 285 g/mol. The normalized spacial score (nSPS) is 19.8. The molecule has 2 rings (SSSR count). The van der Waals surface area contributed by atoms with Crippen molar-refractivity contribution in [2.45, 2.75) is 6.23 Å². The van der Waals surface area contributed by atoms with Crippen LogP contribution in [0, 0.1) is 0 Å². The monoisotopic (exact) mass is 301 g/mol. The number of rotatable bonds is 3. The maximum Gasteiger partial charge on any atom is 0.144 e. The van der Waals surface area contributed by atoms with E-state index in [1.54, 1.807) is 11.1 Å². The predicted octanol–water partition coefficient (Wildman–Crippen LogP) is 2.42. The molecule has 1 atom stereocenters. The second-order valence-electron chi connectivity index (χ2n) is 4.65. The predicted molar refractivity (Wildman–Crippen MR) is 79.3 cm³/mol. The molecule has 0 saturated heterocycles. The topological polar surface area (TPSA) is 30.0 Å². The highest BCUT2D eigenvalue weighted by Gasteiger charge is 2.25. The fourth-order valence-electron chi connectivity index (χ4n) is 2.02. The first kappa shape index (κ1) is 14.5. The minimum Gasteiger partial charge on any atom is -0.373 e. The van der Waals surface area contributed by atoms with Crippen LogP contribution in [0.15, 0.2) is 30.0 Å². The van der Waals surface area contributed by atoms with E-state index in [9.17, 15) is 5.11 Å². The smallest absolute Gasteiger partial charge is 0.144 e. The zero-order valence-electron chi connectivity index (χ0n) is 11.1. The molecule has 1 N–H and O–H groups in total. The molecule has 0 aliphatic carbocycles. The van der Waals surface area contributed by atoms with E-state index in [0.29, 0.717) is 16.6 Å². The Morgan fingerprint density at radius 1 is 1.21 bits per heavy atom. The Hall–Kier alpha value is -0.940. The first-order valence-electron chi connectivity index (χ1n) is 5.91. The van der Waals surface area contributed by atoms with Crippen LogP contribution in [0.25, 0.3) is 0 Å². The Kier molecular flexibility index (Phi) is 4.26. The van der Waals surface area contributed by atoms with Crippen molar-refractivity contribution in [2.24, 2.45) is 0 Å². The summed E-state index contributed by atoms with van der Waals surface area (Å²) in [5.41, 5.74) is 1.96. The van der Waals surface area contributed by atoms with Crippen molar-refractivity contribution in [2.75, 3.05) is 32.6 Å². The first-order valence-corrected chi connectivity index (χ1v) is 6.66. The summed E-state index contributed by atoms with van der Waals surface area (Å²) in [4.78, 5) is 2.03. The van der Waals surface area contributed by atoms with Crippen LogP contribution >= 0.6 is 23.2 Å². The maximum absolute atomic E-state index is 9.76. The lowest BCUT2D eigenvalue weighted by Gasteiger charge is -2.29. The third-order valence-corrected chi connectivity index (χ3v) is 3.74. The van der Waals surface area contributed by atoms with Gasteiger partial charge >= 0.3 is 0 Å². The molecule has 0 bridgehead atoms. The Bertz CT molecular complexity index is 486. The van der Waals surface area contributed by atoms with E-state index in [4.69, 9.17) is 23.2 Å². The molecule has 1 aliphatic heterocycles. The zero-order valence-corrected chi connectivity index (χ0v) is 12.7. The maximum atomic E-state index is 9.76. The van der Waals surface area contributed by atoms with Crippen molar-refractivity contribution in [3.63, 3.8) is 0 Å². The molecule has 1 aliphatic rings. The summed E-state index contributed by atoms with van der Waals surface area (Å²) in [6.07, 6.45) is 1.25. The van der Waals surface area contributed by atoms with Gasteiger partial charge in [0.15, 0.2) is 0 Å². The molecule has 104 valence electrons. The number of anilines is 1. The van der Waals surface area contributed by atoms with Crippen molar-refractivity contribution in [3.05, 3.63) is 40.0 Å². The molecule has 4 nitrogen and oxygen atoms in total. The van der Waals surface area contributed by atoms with E-state index >= 15 is 0 Å². The lowest BCUT2D eigenvalue weighted by molar-refractivity contribution is -0.0389. The van der Waals surface area contributed by atoms with Gasteiger partial charge < -0.3 is 15.0 Å². The summed E-state index contributed by atoms with van der Waals surface area (Å²) >= 11 is 12.0. The highest BCUT2D eigenvalue weighted by atomic mass is 35.5. The number of halogens is 2. The quantitative estimate of drug-likeness (QED) is 0.929. The fourth-order valence-corrected chi connectivity index (χ4v) is 2.53. The molecule has 0 aromatic heterocycles. The fraction of sp³-hybridized carbons (Fsp3) is 0.385. The summed E-state index contributed by atoms with van der Waals surface area (Å²) < 4.78 is 0. The van der Waals surface area contributed by atoms with Crippen molar-refractivity contribution < 1.29 is 5.11 Å². The second kappa shape index (κ2) is 5.59. The van der Waals surface area contributed by atoms with Gasteiger partial charge in [0, 0.05) is 42.6 Å². The average molecular weight is 302 g/mol. The van der Waals surface area contributed by atoms with Crippen molar-refractivity contribution in [3.8, 4) is 0 Å². The summed E-state index contributed by atoms with van der Waals surface area (Å²) in [6, 6.07) is 5.44. The molecule has 1 aromatic rings. The third-order valence-electron chi connectivity index (χ3n) is 3.30. The highest BCUT2D eigenvalue weighted by molar-refractivity contribution is 6.35. The second-order valence-corrected chi connectivity index (χ2v) is 5.53. The summed E-state index contributed by atoms with van der Waals surface area (Å²) in [6.45, 7) is 0.661. The number of hydrazine groups is 1. The number of hydrogen-bond donors (Lipinski definition) is 1. The van der Waals surface area contributed by atoms with Crippen LogP contribution in [0.5, 0.6) is 0 Å². The average Bonchev–Trinajstić information content (AvgIpc) is 2.56. The van der Waals surface area contributed by atoms with Crippen molar-refractivity contribution in [1.29, 1.82) is 0 Å². The van der Waals surface area contributed by atoms with E-state index in [-0.39, 0.29) is 0 Å². The number of hydrogen-bond acceptors (Lipinski definition) is 4. The number of nitrogens with zero attached hydrogens (tertiary/aromatic N) is 3. The molecule has 1 heterocycles. The molecule has 6 heteroatoms. The van der Waals surface area contributed by atoms with Gasteiger partial charge in [0.25, 0.3) is 0 Å². The minimum atomic E-state index is -0.573. The molecule has 1 unspecified atom stereocenters. The van der Waals surface area contributed by atoms with E-state index in [1.807, 2.05) is 49.3 Å². The van der Waals surface area contributed by atoms with Crippen LogP contribution in [-0.4, -0.2) is 49.0 Å². The van der Waals surface area contributed by atoms with E-state index in [0.717, 1.165) is 11.4 Å². The van der Waals surface area contributed by atoms with Gasteiger partial charge in [-0.1, -0.05) is 23.2 Å². The Morgan fingerprint density at radius 2 is 1.79 bits per heavy atom. The Morgan fingerprint density at radius 3 is 2.26 bits per heavy atom. The standard InChI is InChI=1S/C13H17Cl2N3O/c1-16(11-5-9(14)4-10(15)6-11)8-12-7-13(19)18(3)17(12)2/h4-7,13,19H,8H2,1-3H3. The van der Waals surface area contributed by atoms with Gasteiger partial charge in [-0.25, -0.2) is 0 Å². The summed E-state index contributed by atoms with van der Waals surface area (Å²) in [5.74, 6) is 0. The minimum absolute atomic E-state index is 0.573. The number of likely N-dealkylation sites (N-methyl/N-ethyl adjacent to an activating group) is 3. The summed E-state index contributed by atoms with van der Waals surface area (Å²) in [7, 11) is 5.71. The van der Waals surface area contributed by atoms with Gasteiger partial charge in [0.1, 0.15) is 6.23 Å². The van der Waals surface area contributed by atoms with E-state index in [2.05, 4.69) is 0 Å². The molecule has 0 amide bonds. The van der Waals surface area contributed by atoms with Crippen molar-refractivity contribution >= 4 is 28.9 Å². The van der Waals surface area contributed by atoms with Gasteiger partial charge in [-0.3, -0.25) is 0 Å². The van der Waals surface area contributed by atoms with Crippen LogP contribution in [0.2, 0.25) is 10.0 Å². The van der Waals surface area contributed by atoms with Gasteiger partial charge in [0.2, 0.25) is 0 Å². The van der Waals surface area contributed by atoms with Gasteiger partial charge in [0.05, 0.1) is 6.54 Å². The lowest BCUT2D eigenvalue weighted by Crippen LogP contribution is -2.38. The zero-order chi connectivity index (χ0) is 14.2. The Labute approximate surface area is 123 Å². The molecule has 0 radical (unpaired) electrons. The molecule has 1 aromatic carbocycles. The lowest BCUT2D eigenvalue weighted by atomic mass is 10.2. The van der Waals surface area contributed by atoms with Crippen LogP contribution in [0.3, 0.4) is 0 Å². The SMILES string of the molecule is CN(CC1=CC(O)N(C)N1C)c1cc(Cl)cc(Cl)c1. The number of aliphatic hydroxyl groups excluding tert-OH is 1. The van der Waals surface area contributed by atoms with Gasteiger partial charge in [-0.15, -0.1) is 0 Å². The molecule has 0 fully saturated rings. The largest absolute Gasteiger partial charge is 0.373 e. The Balaban J connectivity index is 2.13. The van der Waals surface area contributed by atoms with Crippen LogP contribution in [-0.2, 0) is 0 Å². The van der Waals surface area contributed by atoms with Crippen LogP contribution in [0.4, 0.5) is 5.69 Å². The van der Waals surface area contributed by atoms with Gasteiger partial charge in [-0.05, 0) is 24.3 Å². The van der Waals surface area contributed by atoms with E-state index < -0.39 is 6.23 Å².